The summed E-state index contributed by atoms with van der Waals surface area (Å²) < 4.78 is 10.7. The number of hydrazone groups is 1. The van der Waals surface area contributed by atoms with Gasteiger partial charge in [0.15, 0.2) is 17.3 Å². The van der Waals surface area contributed by atoms with E-state index in [1.165, 1.54) is 19.5 Å². The summed E-state index contributed by atoms with van der Waals surface area (Å²) in [7, 11) is 1.53. The van der Waals surface area contributed by atoms with Gasteiger partial charge in [-0.1, -0.05) is 11.6 Å². The van der Waals surface area contributed by atoms with E-state index < -0.39 is 5.69 Å². The molecule has 0 radical (unpaired) electrons. The maximum Gasteiger partial charge on any atom is 0.363 e. The smallest absolute Gasteiger partial charge is 0.363 e. The van der Waals surface area contributed by atoms with Crippen LogP contribution in [0.5, 0.6) is 11.5 Å². The highest BCUT2D eigenvalue weighted by molar-refractivity contribution is 6.32. The highest BCUT2D eigenvalue weighted by Gasteiger charge is 2.10. The Balaban J connectivity index is 2.17. The van der Waals surface area contributed by atoms with Crippen LogP contribution in [0.4, 0.5) is 5.82 Å². The van der Waals surface area contributed by atoms with Crippen LogP contribution in [0.15, 0.2) is 28.2 Å². The lowest BCUT2D eigenvalue weighted by Crippen LogP contribution is -2.13. The van der Waals surface area contributed by atoms with E-state index in [2.05, 4.69) is 25.7 Å². The zero-order valence-electron chi connectivity index (χ0n) is 12.0. The van der Waals surface area contributed by atoms with Gasteiger partial charge in [0, 0.05) is 0 Å². The van der Waals surface area contributed by atoms with E-state index in [0.717, 1.165) is 0 Å². The topological polar surface area (TPSA) is 101 Å². The minimum absolute atomic E-state index is 0.226. The minimum atomic E-state index is -0.564. The third kappa shape index (κ3) is 3.95. The summed E-state index contributed by atoms with van der Waals surface area (Å²) in [6, 6.07) is 3.41. The molecule has 9 heteroatoms. The Morgan fingerprint density at radius 2 is 2.32 bits per heavy atom. The Labute approximate surface area is 131 Å². The van der Waals surface area contributed by atoms with E-state index >= 15 is 0 Å². The van der Waals surface area contributed by atoms with Crippen LogP contribution in [0, 0.1) is 0 Å². The molecule has 2 rings (SSSR count). The Bertz CT molecular complexity index is 732. The number of methoxy groups -OCH3 is 1. The Hall–Kier alpha value is -2.61. The number of aromatic amines is 1. The van der Waals surface area contributed by atoms with Crippen molar-refractivity contribution in [2.24, 2.45) is 5.10 Å². The average molecular weight is 324 g/mol. The number of anilines is 1. The molecule has 0 aliphatic carbocycles. The molecule has 0 aliphatic heterocycles. The van der Waals surface area contributed by atoms with Crippen LogP contribution in [-0.2, 0) is 0 Å². The lowest BCUT2D eigenvalue weighted by atomic mass is 10.2. The number of ether oxygens (including phenoxy) is 2. The maximum absolute atomic E-state index is 11.0. The molecule has 0 fully saturated rings. The highest BCUT2D eigenvalue weighted by atomic mass is 35.5. The molecule has 0 spiro atoms. The third-order valence-corrected chi connectivity index (χ3v) is 2.78. The first kappa shape index (κ1) is 15.8. The number of H-pyrrole nitrogens is 1. The van der Waals surface area contributed by atoms with Crippen LogP contribution in [0.2, 0.25) is 5.02 Å². The van der Waals surface area contributed by atoms with Gasteiger partial charge in [-0.3, -0.25) is 5.43 Å². The van der Waals surface area contributed by atoms with Crippen LogP contribution < -0.4 is 20.6 Å². The Morgan fingerprint density at radius 3 is 3.00 bits per heavy atom. The molecule has 0 unspecified atom stereocenters. The van der Waals surface area contributed by atoms with Crippen molar-refractivity contribution in [1.29, 1.82) is 0 Å². The molecular weight excluding hydrogens is 310 g/mol. The van der Waals surface area contributed by atoms with E-state index in [1.807, 2.05) is 6.92 Å². The largest absolute Gasteiger partial charge is 0.493 e. The summed E-state index contributed by atoms with van der Waals surface area (Å²) >= 11 is 6.15. The Kier molecular flexibility index (Phi) is 5.31. The molecule has 8 nitrogen and oxygen atoms in total. The number of hydrogen-bond acceptors (Lipinski definition) is 7. The van der Waals surface area contributed by atoms with Gasteiger partial charge in [0.1, 0.15) is 0 Å². The van der Waals surface area contributed by atoms with Gasteiger partial charge in [-0.2, -0.15) is 15.2 Å². The zero-order valence-corrected chi connectivity index (χ0v) is 12.7. The van der Waals surface area contributed by atoms with Crippen molar-refractivity contribution in [2.75, 3.05) is 19.1 Å². The highest BCUT2D eigenvalue weighted by Crippen LogP contribution is 2.35. The van der Waals surface area contributed by atoms with E-state index in [9.17, 15) is 4.79 Å². The minimum Gasteiger partial charge on any atom is -0.493 e. The molecule has 0 amide bonds. The molecule has 22 heavy (non-hydrogen) atoms. The molecule has 0 atom stereocenters. The summed E-state index contributed by atoms with van der Waals surface area (Å²) in [5.41, 5.74) is 2.72. The van der Waals surface area contributed by atoms with Crippen molar-refractivity contribution in [3.8, 4) is 11.5 Å². The van der Waals surface area contributed by atoms with Gasteiger partial charge in [0.05, 0.1) is 31.2 Å². The van der Waals surface area contributed by atoms with Crippen LogP contribution in [-0.4, -0.2) is 35.1 Å². The van der Waals surface area contributed by atoms with Crippen molar-refractivity contribution in [3.05, 3.63) is 39.4 Å². The van der Waals surface area contributed by atoms with E-state index in [4.69, 9.17) is 21.1 Å². The van der Waals surface area contributed by atoms with Gasteiger partial charge >= 0.3 is 5.69 Å². The lowest BCUT2D eigenvalue weighted by Gasteiger charge is -2.11. The fraction of sp³-hybridized carbons (Fsp3) is 0.231. The molecular formula is C13H14ClN5O3. The molecule has 0 bridgehead atoms. The van der Waals surface area contributed by atoms with Crippen molar-refractivity contribution < 1.29 is 9.47 Å². The van der Waals surface area contributed by atoms with Gasteiger partial charge in [-0.15, -0.1) is 0 Å². The second-order valence-corrected chi connectivity index (χ2v) is 4.42. The average Bonchev–Trinajstić information content (AvgIpc) is 2.50. The molecule has 2 aromatic rings. The predicted octanol–water partition coefficient (Wildman–Crippen LogP) is 1.67. The molecule has 1 aromatic heterocycles. The monoisotopic (exact) mass is 323 g/mol. The molecule has 1 aromatic carbocycles. The van der Waals surface area contributed by atoms with Crippen molar-refractivity contribution in [2.45, 2.75) is 6.92 Å². The number of halogens is 1. The van der Waals surface area contributed by atoms with E-state index in [1.54, 1.807) is 12.1 Å². The van der Waals surface area contributed by atoms with Crippen molar-refractivity contribution in [1.82, 2.24) is 15.2 Å². The van der Waals surface area contributed by atoms with Gasteiger partial charge in [0.25, 0.3) is 0 Å². The fourth-order valence-corrected chi connectivity index (χ4v) is 1.91. The molecule has 0 aliphatic rings. The first-order valence-corrected chi connectivity index (χ1v) is 6.73. The number of benzene rings is 1. The van der Waals surface area contributed by atoms with Gasteiger partial charge < -0.3 is 9.47 Å². The van der Waals surface area contributed by atoms with Crippen LogP contribution in [0.25, 0.3) is 0 Å². The summed E-state index contributed by atoms with van der Waals surface area (Å²) in [6.07, 6.45) is 2.84. The molecule has 0 saturated heterocycles. The summed E-state index contributed by atoms with van der Waals surface area (Å²) in [5.74, 6) is 1.22. The van der Waals surface area contributed by atoms with Crippen LogP contribution >= 0.6 is 11.6 Å². The lowest BCUT2D eigenvalue weighted by molar-refractivity contribution is 0.311. The number of hydrogen-bond donors (Lipinski definition) is 2. The molecule has 0 saturated carbocycles. The predicted molar refractivity (Wildman–Crippen MR) is 83.0 cm³/mol. The van der Waals surface area contributed by atoms with Gasteiger partial charge in [-0.25, -0.2) is 9.89 Å². The third-order valence-electron chi connectivity index (χ3n) is 2.50. The maximum atomic E-state index is 11.0. The second-order valence-electron chi connectivity index (χ2n) is 4.01. The zero-order chi connectivity index (χ0) is 15.9. The van der Waals surface area contributed by atoms with Crippen molar-refractivity contribution in [3.63, 3.8) is 0 Å². The molecule has 1 heterocycles. The summed E-state index contributed by atoms with van der Waals surface area (Å²) in [4.78, 5) is 14.6. The number of nitrogens with zero attached hydrogens (tertiary/aromatic N) is 3. The first-order valence-electron chi connectivity index (χ1n) is 6.35. The van der Waals surface area contributed by atoms with Gasteiger partial charge in [-0.05, 0) is 24.6 Å². The number of rotatable bonds is 6. The van der Waals surface area contributed by atoms with Crippen molar-refractivity contribution >= 4 is 23.6 Å². The quantitative estimate of drug-likeness (QED) is 0.619. The second kappa shape index (κ2) is 7.41. The SMILES string of the molecule is CCOc1c(Cl)cc(/C=N/Nc2cn[nH]c(=O)n2)cc1OC. The summed E-state index contributed by atoms with van der Waals surface area (Å²) in [5, 5.41) is 10.1. The van der Waals surface area contributed by atoms with Crippen LogP contribution in [0.3, 0.4) is 0 Å². The number of nitrogens with one attached hydrogen (secondary N) is 2. The number of aromatic nitrogens is 3. The Morgan fingerprint density at radius 1 is 1.50 bits per heavy atom. The fourth-order valence-electron chi connectivity index (χ4n) is 1.64. The van der Waals surface area contributed by atoms with E-state index in [-0.39, 0.29) is 5.82 Å². The molecule has 2 N–H and O–H groups in total. The normalized spacial score (nSPS) is 10.7. The standard InChI is InChI=1S/C13H14ClN5O3/c1-3-22-12-9(14)4-8(5-10(12)21-2)6-15-18-11-7-16-19-13(20)17-11/h4-7H,3H2,1-2H3,(H2,17,18,19,20)/b15-6+. The van der Waals surface area contributed by atoms with E-state index in [0.29, 0.717) is 28.7 Å². The summed E-state index contributed by atoms with van der Waals surface area (Å²) in [6.45, 7) is 2.34. The van der Waals surface area contributed by atoms with Crippen LogP contribution in [0.1, 0.15) is 12.5 Å². The van der Waals surface area contributed by atoms with Gasteiger partial charge in [0.2, 0.25) is 0 Å². The molecule has 116 valence electrons. The first-order chi connectivity index (χ1) is 10.6.